The number of anilines is 1. The first kappa shape index (κ1) is 18.1. The molecule has 1 heterocycles. The van der Waals surface area contributed by atoms with Crippen LogP contribution in [0.1, 0.15) is 17.5 Å². The summed E-state index contributed by atoms with van der Waals surface area (Å²) in [4.78, 5) is 23.7. The van der Waals surface area contributed by atoms with Crippen molar-refractivity contribution in [3.63, 3.8) is 0 Å². The molecule has 5 N–H and O–H groups in total. The quantitative estimate of drug-likeness (QED) is 0.624. The first-order valence-corrected chi connectivity index (χ1v) is 8.80. The Hall–Kier alpha value is -2.70. The summed E-state index contributed by atoms with van der Waals surface area (Å²) < 4.78 is 0. The number of carbonyl (C=O) groups excluding carboxylic acids is 2. The summed E-state index contributed by atoms with van der Waals surface area (Å²) in [6, 6.07) is 17.8. The molecule has 0 aromatic heterocycles. The van der Waals surface area contributed by atoms with E-state index in [0.717, 1.165) is 12.1 Å². The predicted molar refractivity (Wildman–Crippen MR) is 102 cm³/mol. The maximum Gasteiger partial charge on any atom is 0.241 e. The average Bonchev–Trinajstić information content (AvgIpc) is 3.12. The van der Waals surface area contributed by atoms with E-state index in [1.165, 1.54) is 11.1 Å². The van der Waals surface area contributed by atoms with Crippen molar-refractivity contribution in [3.8, 4) is 0 Å². The van der Waals surface area contributed by atoms with E-state index in [9.17, 15) is 9.59 Å². The van der Waals surface area contributed by atoms with E-state index < -0.39 is 0 Å². The lowest BCUT2D eigenvalue weighted by Crippen LogP contribution is -2.39. The molecule has 6 heteroatoms. The molecule has 2 aromatic rings. The highest BCUT2D eigenvalue weighted by molar-refractivity contribution is 5.95. The maximum atomic E-state index is 12.4. The van der Waals surface area contributed by atoms with Gasteiger partial charge in [-0.15, -0.1) is 0 Å². The highest BCUT2D eigenvalue weighted by atomic mass is 16.2. The molecule has 0 aliphatic carbocycles. The Morgan fingerprint density at radius 3 is 2.42 bits per heavy atom. The molecule has 0 saturated carbocycles. The number of nitrogens with two attached hydrogens (primary N) is 1. The van der Waals surface area contributed by atoms with Gasteiger partial charge in [0, 0.05) is 18.3 Å². The van der Waals surface area contributed by atoms with Crippen LogP contribution in [0.4, 0.5) is 5.69 Å². The molecular formula is C20H24N4O2. The van der Waals surface area contributed by atoms with Gasteiger partial charge < -0.3 is 21.7 Å². The van der Waals surface area contributed by atoms with Gasteiger partial charge in [-0.25, -0.2) is 0 Å². The molecule has 0 bridgehead atoms. The van der Waals surface area contributed by atoms with Crippen LogP contribution < -0.4 is 21.7 Å². The van der Waals surface area contributed by atoms with E-state index in [1.54, 1.807) is 0 Å². The summed E-state index contributed by atoms with van der Waals surface area (Å²) in [5.41, 5.74) is 8.51. The molecule has 3 rings (SSSR count). The molecule has 136 valence electrons. The first-order valence-electron chi connectivity index (χ1n) is 8.80. The zero-order chi connectivity index (χ0) is 18.4. The van der Waals surface area contributed by atoms with Gasteiger partial charge >= 0.3 is 0 Å². The van der Waals surface area contributed by atoms with Crippen LogP contribution in [0.2, 0.25) is 0 Å². The summed E-state index contributed by atoms with van der Waals surface area (Å²) in [7, 11) is 0. The Morgan fingerprint density at radius 1 is 1.04 bits per heavy atom. The average molecular weight is 352 g/mol. The molecule has 26 heavy (non-hydrogen) atoms. The number of hydrogen-bond acceptors (Lipinski definition) is 4. The number of nitrogens with one attached hydrogen (secondary N) is 3. The minimum atomic E-state index is -0.318. The molecule has 2 unspecified atom stereocenters. The van der Waals surface area contributed by atoms with Crippen molar-refractivity contribution in [2.24, 2.45) is 5.73 Å². The summed E-state index contributed by atoms with van der Waals surface area (Å²) in [5, 5.41) is 8.86. The van der Waals surface area contributed by atoms with Crippen LogP contribution in [0.3, 0.4) is 0 Å². The smallest absolute Gasteiger partial charge is 0.241 e. The molecule has 1 aliphatic rings. The zero-order valence-corrected chi connectivity index (χ0v) is 14.6. The number of hydrogen-bond donors (Lipinski definition) is 4. The second-order valence-electron chi connectivity index (χ2n) is 6.51. The van der Waals surface area contributed by atoms with Crippen LogP contribution in [0, 0.1) is 0 Å². The predicted octanol–water partition coefficient (Wildman–Crippen LogP) is 1.02. The number of carbonyl (C=O) groups is 2. The normalized spacial score (nSPS) is 19.1. The third-order valence-corrected chi connectivity index (χ3v) is 4.47. The van der Waals surface area contributed by atoms with E-state index in [0.29, 0.717) is 13.0 Å². The van der Waals surface area contributed by atoms with E-state index in [4.69, 9.17) is 5.73 Å². The molecule has 0 radical (unpaired) electrons. The lowest BCUT2D eigenvalue weighted by molar-refractivity contribution is -0.121. The lowest BCUT2D eigenvalue weighted by atomic mass is 10.0. The van der Waals surface area contributed by atoms with Gasteiger partial charge in [0.1, 0.15) is 0 Å². The van der Waals surface area contributed by atoms with Crippen molar-refractivity contribution < 1.29 is 9.59 Å². The van der Waals surface area contributed by atoms with Crippen molar-refractivity contribution in [1.82, 2.24) is 10.6 Å². The van der Waals surface area contributed by atoms with Gasteiger partial charge in [-0.1, -0.05) is 42.5 Å². The second-order valence-corrected chi connectivity index (χ2v) is 6.51. The maximum absolute atomic E-state index is 12.4. The fourth-order valence-corrected chi connectivity index (χ4v) is 3.10. The van der Waals surface area contributed by atoms with Crippen LogP contribution in [0.5, 0.6) is 0 Å². The fourth-order valence-electron chi connectivity index (χ4n) is 3.10. The van der Waals surface area contributed by atoms with Gasteiger partial charge in [-0.2, -0.15) is 0 Å². The minimum absolute atomic E-state index is 0.0390. The molecule has 2 atom stereocenters. The highest BCUT2D eigenvalue weighted by Crippen LogP contribution is 2.15. The van der Waals surface area contributed by atoms with Crippen molar-refractivity contribution in [2.45, 2.75) is 24.9 Å². The minimum Gasteiger partial charge on any atom is -0.351 e. The Kier molecular flexibility index (Phi) is 5.99. The first-order chi connectivity index (χ1) is 12.6. The van der Waals surface area contributed by atoms with Gasteiger partial charge in [-0.3, -0.25) is 9.59 Å². The standard InChI is InChI=1S/C20H24N4O2/c21-12-19(25)23-17-11-18(22-13-17)20(26)24-16-8-6-15(7-9-16)10-14-4-2-1-3-5-14/h1-9,17-18,22H,10-13,21H2,(H,23,25)(H,24,26). The van der Waals surface area contributed by atoms with Gasteiger partial charge in [-0.05, 0) is 36.1 Å². The summed E-state index contributed by atoms with van der Waals surface area (Å²) in [5.74, 6) is -0.294. The topological polar surface area (TPSA) is 96.2 Å². The Labute approximate surface area is 153 Å². The van der Waals surface area contributed by atoms with Gasteiger partial charge in [0.05, 0.1) is 12.6 Å². The molecule has 2 amide bonds. The molecule has 0 spiro atoms. The van der Waals surface area contributed by atoms with Gasteiger partial charge in [0.15, 0.2) is 0 Å². The third kappa shape index (κ3) is 4.91. The van der Waals surface area contributed by atoms with Crippen LogP contribution in [-0.4, -0.2) is 37.0 Å². The molecule has 6 nitrogen and oxygen atoms in total. The van der Waals surface area contributed by atoms with Crippen LogP contribution in [0.15, 0.2) is 54.6 Å². The van der Waals surface area contributed by atoms with Gasteiger partial charge in [0.2, 0.25) is 11.8 Å². The van der Waals surface area contributed by atoms with E-state index in [2.05, 4.69) is 28.1 Å². The molecular weight excluding hydrogens is 328 g/mol. The van der Waals surface area contributed by atoms with E-state index in [1.807, 2.05) is 42.5 Å². The largest absolute Gasteiger partial charge is 0.351 e. The van der Waals surface area contributed by atoms with Crippen molar-refractivity contribution in [3.05, 3.63) is 65.7 Å². The Morgan fingerprint density at radius 2 is 1.73 bits per heavy atom. The highest BCUT2D eigenvalue weighted by Gasteiger charge is 2.30. The second kappa shape index (κ2) is 8.60. The Balaban J connectivity index is 1.51. The SMILES string of the molecule is NCC(=O)NC1CNC(C(=O)Nc2ccc(Cc3ccccc3)cc2)C1. The van der Waals surface area contributed by atoms with Gasteiger partial charge in [0.25, 0.3) is 0 Å². The summed E-state index contributed by atoms with van der Waals surface area (Å²) >= 11 is 0. The number of benzene rings is 2. The molecule has 1 fully saturated rings. The summed E-state index contributed by atoms with van der Waals surface area (Å²) in [6.07, 6.45) is 1.42. The van der Waals surface area contributed by atoms with E-state index >= 15 is 0 Å². The fraction of sp³-hybridized carbons (Fsp3) is 0.300. The van der Waals surface area contributed by atoms with Crippen molar-refractivity contribution in [2.75, 3.05) is 18.4 Å². The van der Waals surface area contributed by atoms with Crippen LogP contribution >= 0.6 is 0 Å². The van der Waals surface area contributed by atoms with Crippen LogP contribution in [-0.2, 0) is 16.0 Å². The zero-order valence-electron chi connectivity index (χ0n) is 14.6. The molecule has 1 aliphatic heterocycles. The van der Waals surface area contributed by atoms with Crippen LogP contribution in [0.25, 0.3) is 0 Å². The lowest BCUT2D eigenvalue weighted by Gasteiger charge is -2.13. The van der Waals surface area contributed by atoms with Crippen molar-refractivity contribution in [1.29, 1.82) is 0 Å². The molecule has 2 aromatic carbocycles. The van der Waals surface area contributed by atoms with Crippen molar-refractivity contribution >= 4 is 17.5 Å². The number of amides is 2. The number of rotatable bonds is 6. The monoisotopic (exact) mass is 352 g/mol. The summed E-state index contributed by atoms with van der Waals surface area (Å²) in [6.45, 7) is 0.530. The Bertz CT molecular complexity index is 746. The third-order valence-electron chi connectivity index (χ3n) is 4.47. The molecule has 1 saturated heterocycles. The van der Waals surface area contributed by atoms with E-state index in [-0.39, 0.29) is 30.4 Å².